The van der Waals surface area contributed by atoms with Gasteiger partial charge < -0.3 is 0 Å². The van der Waals surface area contributed by atoms with E-state index in [0.717, 1.165) is 0 Å². The van der Waals surface area contributed by atoms with Gasteiger partial charge in [-0.25, -0.2) is 0 Å². The zero-order chi connectivity index (χ0) is 0. The van der Waals surface area contributed by atoms with Crippen molar-refractivity contribution < 1.29 is 99.3 Å². The van der Waals surface area contributed by atoms with Crippen LogP contribution >= 0.6 is 0 Å². The van der Waals surface area contributed by atoms with Gasteiger partial charge in [-0.05, 0) is 0 Å². The third kappa shape index (κ3) is 17.6. The molecule has 0 saturated carbocycles. The van der Waals surface area contributed by atoms with Gasteiger partial charge in [-0.3, -0.25) is 0 Å². The Morgan fingerprint density at radius 1 is 1.00 bits per heavy atom. The van der Waals surface area contributed by atoms with Crippen LogP contribution in [0.1, 0.15) is 0 Å². The summed E-state index contributed by atoms with van der Waals surface area (Å²) in [6, 6.07) is 0. The van der Waals surface area contributed by atoms with Crippen LogP contribution in [0, 0.1) is 0 Å². The van der Waals surface area contributed by atoms with Gasteiger partial charge in [0.25, 0.3) is 0 Å². The molecule has 0 atom stereocenters. The van der Waals surface area contributed by atoms with Crippen LogP contribution in [-0.2, 0) is 47.9 Å². The molecule has 0 amide bonds. The van der Waals surface area contributed by atoms with E-state index < -0.39 is 0 Å². The first-order chi connectivity index (χ1) is 0. The molecule has 0 aliphatic carbocycles. The third-order valence-electron chi connectivity index (χ3n) is 0. The predicted octanol–water partition coefficient (Wildman–Crippen LogP) is -3.76. The molecule has 5 heteroatoms. The molecule has 0 fully saturated rings. The zero-order valence-electron chi connectivity index (χ0n) is 3.28. The standard InChI is InChI=1S/Al.Ba.K.Ti.Zr/q+3;+2;+1;2*+2. The first kappa shape index (κ1) is 31.6. The van der Waals surface area contributed by atoms with E-state index in [0.29, 0.717) is 0 Å². The van der Waals surface area contributed by atoms with Crippen molar-refractivity contribution in [2.75, 3.05) is 0 Å². The number of rotatable bonds is 0. The molecule has 0 aromatic carbocycles. The van der Waals surface area contributed by atoms with Crippen LogP contribution in [0.15, 0.2) is 0 Å². The average molecular weight is 342 g/mol. The van der Waals surface area contributed by atoms with Gasteiger partial charge in [0.15, 0.2) is 0 Å². The van der Waals surface area contributed by atoms with Gasteiger partial charge in [-0.1, -0.05) is 0 Å². The molecule has 0 aromatic heterocycles. The van der Waals surface area contributed by atoms with Crippen molar-refractivity contribution in [1.29, 1.82) is 0 Å². The fourth-order valence-electron chi connectivity index (χ4n) is 0. The minimum absolute atomic E-state index is 0. The molecule has 0 aliphatic heterocycles. The van der Waals surface area contributed by atoms with Gasteiger partial charge in [0.2, 0.25) is 0 Å². The van der Waals surface area contributed by atoms with Gasteiger partial charge in [0, 0.05) is 0 Å². The molecule has 0 aromatic rings. The normalized spacial score (nSPS) is 0. The van der Waals surface area contributed by atoms with Gasteiger partial charge in [0.1, 0.15) is 0 Å². The molecule has 0 nitrogen and oxygen atoms in total. The number of hydrogen-bond acceptors (Lipinski definition) is 0. The molecule has 0 spiro atoms. The summed E-state index contributed by atoms with van der Waals surface area (Å²) in [6.07, 6.45) is 0. The van der Waals surface area contributed by atoms with Crippen LogP contribution in [0.25, 0.3) is 0 Å². The van der Waals surface area contributed by atoms with Gasteiger partial charge in [-0.2, -0.15) is 0 Å². The van der Waals surface area contributed by atoms with E-state index in [1.54, 1.807) is 0 Å². The van der Waals surface area contributed by atoms with Crippen molar-refractivity contribution in [2.45, 2.75) is 0 Å². The van der Waals surface area contributed by atoms with Crippen LogP contribution in [0.4, 0.5) is 0 Å². The van der Waals surface area contributed by atoms with Crippen LogP contribution in [0.3, 0.4) is 0 Å². The molecule has 0 aliphatic rings. The summed E-state index contributed by atoms with van der Waals surface area (Å²) in [6.45, 7) is 0. The van der Waals surface area contributed by atoms with Crippen LogP contribution in [0.5, 0.6) is 0 Å². The minimum atomic E-state index is 0. The molecule has 0 bridgehead atoms. The van der Waals surface area contributed by atoms with Crippen LogP contribution in [0.2, 0.25) is 0 Å². The van der Waals surface area contributed by atoms with Crippen molar-refractivity contribution in [3.05, 3.63) is 0 Å². The Morgan fingerprint density at radius 3 is 1.00 bits per heavy atom. The Kier molecular flexibility index (Phi) is 144. The van der Waals surface area contributed by atoms with Gasteiger partial charge >= 0.3 is 166 Å². The Balaban J connectivity index is 0. The molecule has 0 saturated heterocycles. The molecule has 0 N–H and O–H groups in total. The second-order valence-electron chi connectivity index (χ2n) is 0. The number of hydrogen-bond donors (Lipinski definition) is 0. The predicted molar refractivity (Wildman–Crippen MR) is 11.5 cm³/mol. The van der Waals surface area contributed by atoms with E-state index >= 15 is 0 Å². The maximum absolute atomic E-state index is 0. The largest absolute Gasteiger partial charge is 3.00 e. The van der Waals surface area contributed by atoms with E-state index in [9.17, 15) is 0 Å². The Labute approximate surface area is 160 Å². The SMILES string of the molecule is [Al+3].[Ba+2].[K+].[Ti+2].[Zr+2]. The van der Waals surface area contributed by atoms with Crippen LogP contribution in [-0.4, -0.2) is 66.2 Å². The summed E-state index contributed by atoms with van der Waals surface area (Å²) >= 11 is 0. The molecule has 0 radical (unpaired) electrons. The summed E-state index contributed by atoms with van der Waals surface area (Å²) in [5.41, 5.74) is 0. The molecule has 0 heterocycles. The minimum Gasteiger partial charge on any atom is 1.00 e. The average Bonchev–Trinajstić information content (AvgIpc) is 0. The Morgan fingerprint density at radius 2 is 1.00 bits per heavy atom. The van der Waals surface area contributed by atoms with Crippen LogP contribution < -0.4 is 51.4 Å². The summed E-state index contributed by atoms with van der Waals surface area (Å²) in [5.74, 6) is 0. The second kappa shape index (κ2) is 22.8. The second-order valence-corrected chi connectivity index (χ2v) is 0. The van der Waals surface area contributed by atoms with Crippen molar-refractivity contribution in [3.8, 4) is 0 Å². The van der Waals surface area contributed by atoms with E-state index in [2.05, 4.69) is 0 Å². The first-order valence-corrected chi connectivity index (χ1v) is 0. The van der Waals surface area contributed by atoms with Crippen molar-refractivity contribution in [2.24, 2.45) is 0 Å². The van der Waals surface area contributed by atoms with E-state index in [-0.39, 0.29) is 166 Å². The Hall–Kier alpha value is 5.34. The molecule has 5 heavy (non-hydrogen) atoms. The monoisotopic (exact) mass is 342 g/mol. The summed E-state index contributed by atoms with van der Waals surface area (Å²) in [4.78, 5) is 0. The van der Waals surface area contributed by atoms with E-state index in [4.69, 9.17) is 0 Å². The van der Waals surface area contributed by atoms with Gasteiger partial charge in [-0.15, -0.1) is 0 Å². The fourth-order valence-corrected chi connectivity index (χ4v) is 0. The topological polar surface area (TPSA) is 0 Å². The van der Waals surface area contributed by atoms with Crippen molar-refractivity contribution in [1.82, 2.24) is 0 Å². The molecular weight excluding hydrogens is 342 g/mol. The Bertz CT molecular complexity index is 11.6. The fraction of sp³-hybridized carbons (Fsp3) is 0. The molecule has 0 rings (SSSR count). The van der Waals surface area contributed by atoms with Crippen molar-refractivity contribution in [3.63, 3.8) is 0 Å². The molecule has 0 unspecified atom stereocenters. The summed E-state index contributed by atoms with van der Waals surface area (Å²) < 4.78 is 0. The summed E-state index contributed by atoms with van der Waals surface area (Å²) in [7, 11) is 0. The van der Waals surface area contributed by atoms with Gasteiger partial charge in [0.05, 0.1) is 0 Å². The smallest absolute Gasteiger partial charge is 1.00 e. The first-order valence-electron chi connectivity index (χ1n) is 0. The van der Waals surface area contributed by atoms with Crippen molar-refractivity contribution >= 4 is 66.2 Å². The summed E-state index contributed by atoms with van der Waals surface area (Å²) in [5, 5.41) is 0. The maximum atomic E-state index is 0. The maximum Gasteiger partial charge on any atom is 3.00 e. The zero-order valence-corrected chi connectivity index (χ0v) is 16.0. The quantitative estimate of drug-likeness (QED) is 0.397. The van der Waals surface area contributed by atoms with E-state index in [1.807, 2.05) is 0 Å². The third-order valence-corrected chi connectivity index (χ3v) is 0. The van der Waals surface area contributed by atoms with E-state index in [1.165, 1.54) is 0 Å². The molecule has 4 valence electrons. The molecular formula is AlBaKTiZr+10.